The van der Waals surface area contributed by atoms with Gasteiger partial charge in [0, 0.05) is 20.6 Å². The summed E-state index contributed by atoms with van der Waals surface area (Å²) in [7, 11) is 3.43. The molecule has 1 aromatic heterocycles. The van der Waals surface area contributed by atoms with Crippen LogP contribution in [0.2, 0.25) is 0 Å². The van der Waals surface area contributed by atoms with Crippen molar-refractivity contribution >= 4 is 29.1 Å². The molecule has 0 aliphatic heterocycles. The minimum Gasteiger partial charge on any atom is -0.364 e. The molecule has 0 amide bonds. The number of nitrogens with zero attached hydrogens (tertiary/aromatic N) is 4. The molecule has 1 heterocycles. The molecule has 1 N–H and O–H groups in total. The maximum atomic E-state index is 11.1. The lowest BCUT2D eigenvalue weighted by Gasteiger charge is -2.14. The van der Waals surface area contributed by atoms with Crippen molar-refractivity contribution in [3.05, 3.63) is 10.1 Å². The first-order valence-electron chi connectivity index (χ1n) is 5.02. The third kappa shape index (κ3) is 2.96. The molecule has 0 atom stereocenters. The van der Waals surface area contributed by atoms with Crippen LogP contribution in [0.1, 0.15) is 6.92 Å². The van der Waals surface area contributed by atoms with Crippen LogP contribution in [-0.4, -0.2) is 41.8 Å². The van der Waals surface area contributed by atoms with E-state index in [2.05, 4.69) is 15.3 Å². The van der Waals surface area contributed by atoms with Crippen molar-refractivity contribution in [1.29, 1.82) is 0 Å². The van der Waals surface area contributed by atoms with Crippen LogP contribution in [0.4, 0.5) is 17.3 Å². The highest BCUT2D eigenvalue weighted by atomic mass is 32.2. The van der Waals surface area contributed by atoms with E-state index < -0.39 is 4.92 Å². The van der Waals surface area contributed by atoms with E-state index in [4.69, 9.17) is 0 Å². The highest BCUT2D eigenvalue weighted by molar-refractivity contribution is 7.98. The van der Waals surface area contributed by atoms with Gasteiger partial charge in [-0.1, -0.05) is 11.8 Å². The molecule has 1 aromatic rings. The summed E-state index contributed by atoms with van der Waals surface area (Å²) in [5, 5.41) is 14.5. The Hall–Kier alpha value is -1.57. The minimum absolute atomic E-state index is 0.0883. The van der Waals surface area contributed by atoms with Gasteiger partial charge in [0.15, 0.2) is 5.16 Å². The van der Waals surface area contributed by atoms with Gasteiger partial charge in [0.05, 0.1) is 4.92 Å². The number of nitrogens with one attached hydrogen (secondary N) is 1. The van der Waals surface area contributed by atoms with Crippen LogP contribution in [0.3, 0.4) is 0 Å². The Bertz CT molecular complexity index is 424. The molecule has 0 radical (unpaired) electrons. The molecule has 0 unspecified atom stereocenters. The third-order valence-electron chi connectivity index (χ3n) is 1.98. The molecule has 0 aliphatic carbocycles. The monoisotopic (exact) mass is 257 g/mol. The smallest absolute Gasteiger partial charge is 0.353 e. The summed E-state index contributed by atoms with van der Waals surface area (Å²) in [6.45, 7) is 2.43. The summed E-state index contributed by atoms with van der Waals surface area (Å²) in [5.74, 6) is 0.575. The van der Waals surface area contributed by atoms with Crippen molar-refractivity contribution in [3.8, 4) is 0 Å². The molecule has 0 spiro atoms. The van der Waals surface area contributed by atoms with Crippen LogP contribution in [-0.2, 0) is 0 Å². The minimum atomic E-state index is -0.461. The summed E-state index contributed by atoms with van der Waals surface area (Å²) in [4.78, 5) is 20.5. The van der Waals surface area contributed by atoms with Crippen LogP contribution in [0.5, 0.6) is 0 Å². The second-order valence-corrected chi connectivity index (χ2v) is 4.19. The van der Waals surface area contributed by atoms with Crippen molar-refractivity contribution in [2.45, 2.75) is 12.1 Å². The SMILES string of the molecule is CCNc1nc(SC)nc(N(C)C)c1[N+](=O)[O-]. The molecule has 0 aromatic carbocycles. The Morgan fingerprint density at radius 1 is 1.47 bits per heavy atom. The third-order valence-corrected chi connectivity index (χ3v) is 2.53. The van der Waals surface area contributed by atoms with Gasteiger partial charge in [0.1, 0.15) is 0 Å². The van der Waals surface area contributed by atoms with Gasteiger partial charge in [-0.15, -0.1) is 0 Å². The number of hydrogen-bond donors (Lipinski definition) is 1. The van der Waals surface area contributed by atoms with Gasteiger partial charge >= 0.3 is 5.69 Å². The normalized spacial score (nSPS) is 10.1. The molecule has 1 rings (SSSR count). The Labute approximate surface area is 104 Å². The standard InChI is InChI=1S/C9H15N5O2S/c1-5-10-7-6(14(15)16)8(13(2)3)12-9(11-7)17-4/h5H2,1-4H3,(H,10,11,12). The van der Waals surface area contributed by atoms with Crippen molar-refractivity contribution in [2.75, 3.05) is 37.1 Å². The largest absolute Gasteiger partial charge is 0.364 e. The zero-order valence-corrected chi connectivity index (χ0v) is 11.0. The number of nitro groups is 1. The van der Waals surface area contributed by atoms with Gasteiger partial charge in [-0.3, -0.25) is 10.1 Å². The summed E-state index contributed by atoms with van der Waals surface area (Å²) < 4.78 is 0. The second-order valence-electron chi connectivity index (χ2n) is 3.41. The fraction of sp³-hybridized carbons (Fsp3) is 0.556. The predicted molar refractivity (Wildman–Crippen MR) is 69.0 cm³/mol. The lowest BCUT2D eigenvalue weighted by Crippen LogP contribution is -2.16. The summed E-state index contributed by atoms with van der Waals surface area (Å²) in [5.41, 5.74) is -0.0883. The predicted octanol–water partition coefficient (Wildman–Crippen LogP) is 1.60. The Morgan fingerprint density at radius 2 is 2.12 bits per heavy atom. The topological polar surface area (TPSA) is 84.2 Å². The average molecular weight is 257 g/mol. The Balaban J connectivity index is 3.43. The fourth-order valence-electron chi connectivity index (χ4n) is 1.28. The molecule has 94 valence electrons. The summed E-state index contributed by atoms with van der Waals surface area (Å²) in [6, 6.07) is 0. The van der Waals surface area contributed by atoms with E-state index in [0.29, 0.717) is 17.5 Å². The van der Waals surface area contributed by atoms with E-state index >= 15 is 0 Å². The van der Waals surface area contributed by atoms with E-state index in [1.807, 2.05) is 13.2 Å². The van der Waals surface area contributed by atoms with Crippen molar-refractivity contribution in [3.63, 3.8) is 0 Å². The summed E-state index contributed by atoms with van der Waals surface area (Å²) >= 11 is 1.35. The first-order valence-corrected chi connectivity index (χ1v) is 6.25. The van der Waals surface area contributed by atoms with E-state index in [1.165, 1.54) is 11.8 Å². The van der Waals surface area contributed by atoms with Gasteiger partial charge in [-0.2, -0.15) is 9.97 Å². The maximum Gasteiger partial charge on any atom is 0.353 e. The van der Waals surface area contributed by atoms with Crippen molar-refractivity contribution < 1.29 is 4.92 Å². The van der Waals surface area contributed by atoms with E-state index in [0.717, 1.165) is 0 Å². The first-order chi connectivity index (χ1) is 8.01. The van der Waals surface area contributed by atoms with Crippen LogP contribution in [0, 0.1) is 10.1 Å². The van der Waals surface area contributed by atoms with Gasteiger partial charge < -0.3 is 10.2 Å². The number of thioether (sulfide) groups is 1. The molecule has 0 bridgehead atoms. The van der Waals surface area contributed by atoms with Gasteiger partial charge in [0.2, 0.25) is 11.6 Å². The average Bonchev–Trinajstić information content (AvgIpc) is 2.27. The number of aromatic nitrogens is 2. The van der Waals surface area contributed by atoms with Crippen LogP contribution in [0.15, 0.2) is 5.16 Å². The maximum absolute atomic E-state index is 11.1. The molecule has 8 heteroatoms. The van der Waals surface area contributed by atoms with Gasteiger partial charge in [-0.05, 0) is 13.2 Å². The zero-order chi connectivity index (χ0) is 13.0. The second kappa shape index (κ2) is 5.67. The molecule has 17 heavy (non-hydrogen) atoms. The zero-order valence-electron chi connectivity index (χ0n) is 10.2. The molecule has 0 fully saturated rings. The molecule has 0 saturated carbocycles. The Kier molecular flexibility index (Phi) is 4.50. The number of hydrogen-bond acceptors (Lipinski definition) is 7. The highest BCUT2D eigenvalue weighted by Crippen LogP contribution is 2.33. The van der Waals surface area contributed by atoms with E-state index in [9.17, 15) is 10.1 Å². The van der Waals surface area contributed by atoms with Crippen LogP contribution >= 0.6 is 11.8 Å². The van der Waals surface area contributed by atoms with Crippen LogP contribution < -0.4 is 10.2 Å². The number of anilines is 2. The summed E-state index contributed by atoms with van der Waals surface area (Å²) in [6.07, 6.45) is 1.83. The quantitative estimate of drug-likeness (QED) is 0.371. The molecule has 7 nitrogen and oxygen atoms in total. The number of rotatable bonds is 5. The Morgan fingerprint density at radius 3 is 2.53 bits per heavy atom. The highest BCUT2D eigenvalue weighted by Gasteiger charge is 2.25. The molecule has 0 saturated heterocycles. The molecular formula is C9H15N5O2S. The lowest BCUT2D eigenvalue weighted by molar-refractivity contribution is -0.383. The van der Waals surface area contributed by atoms with Crippen LogP contribution in [0.25, 0.3) is 0 Å². The van der Waals surface area contributed by atoms with E-state index in [1.54, 1.807) is 19.0 Å². The lowest BCUT2D eigenvalue weighted by atomic mass is 10.4. The van der Waals surface area contributed by atoms with Crippen molar-refractivity contribution in [1.82, 2.24) is 9.97 Å². The molecule has 0 aliphatic rings. The van der Waals surface area contributed by atoms with Crippen molar-refractivity contribution in [2.24, 2.45) is 0 Å². The van der Waals surface area contributed by atoms with Gasteiger partial charge in [-0.25, -0.2) is 0 Å². The first kappa shape index (κ1) is 13.5. The fourth-order valence-corrected chi connectivity index (χ4v) is 1.65. The van der Waals surface area contributed by atoms with E-state index in [-0.39, 0.29) is 11.5 Å². The molecular weight excluding hydrogens is 242 g/mol. The van der Waals surface area contributed by atoms with Gasteiger partial charge in [0.25, 0.3) is 0 Å².